The number of carbonyl (C=O) groups is 1. The molecular formula is C17H20BrN3O3. The molecule has 1 aromatic heterocycles. The number of aromatic nitrogens is 1. The Hall–Kier alpha value is -1.96. The first-order chi connectivity index (χ1) is 11.6. The number of anilines is 2. The maximum Gasteiger partial charge on any atom is 0.259 e. The van der Waals surface area contributed by atoms with Crippen molar-refractivity contribution in [2.45, 2.75) is 12.5 Å². The van der Waals surface area contributed by atoms with Gasteiger partial charge in [-0.15, -0.1) is 0 Å². The summed E-state index contributed by atoms with van der Waals surface area (Å²) in [6.45, 7) is 0.765. The van der Waals surface area contributed by atoms with Gasteiger partial charge in [0.25, 0.3) is 5.91 Å². The topological polar surface area (TPSA) is 83.5 Å². The largest absolute Gasteiger partial charge is 0.391 e. The summed E-state index contributed by atoms with van der Waals surface area (Å²) in [6.07, 6.45) is 1.56. The van der Waals surface area contributed by atoms with Gasteiger partial charge in [0, 0.05) is 30.0 Å². The first-order valence-corrected chi connectivity index (χ1v) is 8.32. The molecule has 1 aromatic carbocycles. The number of nitrogens with one attached hydrogen (secondary N) is 2. The molecule has 3 N–H and O–H groups in total. The summed E-state index contributed by atoms with van der Waals surface area (Å²) < 4.78 is 5.83. The van der Waals surface area contributed by atoms with Crippen LogP contribution in [0.1, 0.15) is 16.8 Å². The zero-order valence-electron chi connectivity index (χ0n) is 13.3. The van der Waals surface area contributed by atoms with Crippen LogP contribution in [-0.4, -0.2) is 42.4 Å². The van der Waals surface area contributed by atoms with Crippen LogP contribution in [0.3, 0.4) is 0 Å². The Morgan fingerprint density at radius 2 is 2.08 bits per heavy atom. The highest BCUT2D eigenvalue weighted by Crippen LogP contribution is 2.17. The van der Waals surface area contributed by atoms with Crippen molar-refractivity contribution in [3.8, 4) is 0 Å². The Bertz CT molecular complexity index is 664. The molecule has 0 aliphatic rings. The number of methoxy groups -OCH3 is 1. The molecule has 128 valence electrons. The summed E-state index contributed by atoms with van der Waals surface area (Å²) >= 11 is 3.36. The van der Waals surface area contributed by atoms with Gasteiger partial charge < -0.3 is 20.5 Å². The van der Waals surface area contributed by atoms with Crippen LogP contribution in [-0.2, 0) is 4.74 Å². The first-order valence-electron chi connectivity index (χ1n) is 7.53. The highest BCUT2D eigenvalue weighted by molar-refractivity contribution is 9.10. The fraction of sp³-hybridized carbons (Fsp3) is 0.294. The number of amides is 1. The Morgan fingerprint density at radius 1 is 1.33 bits per heavy atom. The monoisotopic (exact) mass is 393 g/mol. The molecule has 1 unspecified atom stereocenters. The minimum atomic E-state index is -0.550. The second kappa shape index (κ2) is 9.36. The van der Waals surface area contributed by atoms with E-state index in [1.54, 1.807) is 25.4 Å². The summed E-state index contributed by atoms with van der Waals surface area (Å²) in [5.74, 6) is 0.238. The zero-order chi connectivity index (χ0) is 17.4. The van der Waals surface area contributed by atoms with Crippen molar-refractivity contribution in [2.24, 2.45) is 0 Å². The molecule has 2 aromatic rings. The summed E-state index contributed by atoms with van der Waals surface area (Å²) in [4.78, 5) is 16.7. The van der Waals surface area contributed by atoms with Crippen LogP contribution < -0.4 is 10.6 Å². The lowest BCUT2D eigenvalue weighted by Gasteiger charge is -2.13. The molecule has 0 aliphatic heterocycles. The van der Waals surface area contributed by atoms with E-state index in [0.717, 1.165) is 4.47 Å². The van der Waals surface area contributed by atoms with Crippen molar-refractivity contribution >= 4 is 33.3 Å². The highest BCUT2D eigenvalue weighted by atomic mass is 79.9. The van der Waals surface area contributed by atoms with Crippen LogP contribution in [0.5, 0.6) is 0 Å². The van der Waals surface area contributed by atoms with Crippen molar-refractivity contribution in [3.05, 3.63) is 52.6 Å². The Labute approximate surface area is 149 Å². The number of ether oxygens (including phenoxy) is 1. The lowest BCUT2D eigenvalue weighted by molar-refractivity contribution is 0.0615. The fourth-order valence-electron chi connectivity index (χ4n) is 2.09. The third-order valence-corrected chi connectivity index (χ3v) is 3.81. The van der Waals surface area contributed by atoms with Gasteiger partial charge in [-0.1, -0.05) is 15.9 Å². The molecular weight excluding hydrogens is 374 g/mol. The molecule has 0 spiro atoms. The molecule has 0 fully saturated rings. The summed E-state index contributed by atoms with van der Waals surface area (Å²) in [5, 5.41) is 15.6. The highest BCUT2D eigenvalue weighted by Gasteiger charge is 2.13. The van der Waals surface area contributed by atoms with Gasteiger partial charge >= 0.3 is 0 Å². The number of aliphatic hydroxyl groups excluding tert-OH is 1. The molecule has 1 atom stereocenters. The van der Waals surface area contributed by atoms with E-state index in [4.69, 9.17) is 4.74 Å². The normalized spacial score (nSPS) is 11.8. The van der Waals surface area contributed by atoms with Gasteiger partial charge in [-0.25, -0.2) is 4.98 Å². The number of rotatable bonds is 8. The number of benzene rings is 1. The third-order valence-electron chi connectivity index (χ3n) is 3.28. The SMILES string of the molecule is COCC(O)CCNc1ncccc1C(=O)Nc1ccc(Br)cc1. The predicted molar refractivity (Wildman–Crippen MR) is 97.3 cm³/mol. The first kappa shape index (κ1) is 18.4. The average molecular weight is 394 g/mol. The van der Waals surface area contributed by atoms with E-state index in [-0.39, 0.29) is 12.5 Å². The Morgan fingerprint density at radius 3 is 2.79 bits per heavy atom. The number of carbonyl (C=O) groups excluding carboxylic acids is 1. The molecule has 2 rings (SSSR count). The van der Waals surface area contributed by atoms with E-state index in [1.165, 1.54) is 0 Å². The van der Waals surface area contributed by atoms with Crippen molar-refractivity contribution in [3.63, 3.8) is 0 Å². The van der Waals surface area contributed by atoms with Gasteiger partial charge in [-0.2, -0.15) is 0 Å². The summed E-state index contributed by atoms with van der Waals surface area (Å²) in [6, 6.07) is 10.8. The van der Waals surface area contributed by atoms with Gasteiger partial charge in [0.15, 0.2) is 0 Å². The number of hydrogen-bond donors (Lipinski definition) is 3. The van der Waals surface area contributed by atoms with Gasteiger partial charge in [0.2, 0.25) is 0 Å². The third kappa shape index (κ3) is 5.59. The van der Waals surface area contributed by atoms with E-state index < -0.39 is 6.10 Å². The number of halogens is 1. The molecule has 7 heteroatoms. The fourth-order valence-corrected chi connectivity index (χ4v) is 2.36. The van der Waals surface area contributed by atoms with Crippen molar-refractivity contribution < 1.29 is 14.6 Å². The van der Waals surface area contributed by atoms with E-state index in [0.29, 0.717) is 30.0 Å². The lowest BCUT2D eigenvalue weighted by atomic mass is 10.2. The minimum Gasteiger partial charge on any atom is -0.391 e. The molecule has 0 aliphatic carbocycles. The van der Waals surface area contributed by atoms with Crippen LogP contribution in [0.25, 0.3) is 0 Å². The zero-order valence-corrected chi connectivity index (χ0v) is 14.9. The van der Waals surface area contributed by atoms with Crippen molar-refractivity contribution in [1.82, 2.24) is 4.98 Å². The molecule has 0 radical (unpaired) electrons. The smallest absolute Gasteiger partial charge is 0.259 e. The predicted octanol–water partition coefficient (Wildman–Crippen LogP) is 2.91. The molecule has 1 heterocycles. The maximum absolute atomic E-state index is 12.4. The van der Waals surface area contributed by atoms with Gasteiger partial charge in [0.1, 0.15) is 5.82 Å². The second-order valence-electron chi connectivity index (χ2n) is 5.19. The average Bonchev–Trinajstić information content (AvgIpc) is 2.57. The number of hydrogen-bond acceptors (Lipinski definition) is 5. The second-order valence-corrected chi connectivity index (χ2v) is 6.10. The van der Waals surface area contributed by atoms with E-state index in [9.17, 15) is 9.90 Å². The van der Waals surface area contributed by atoms with Crippen molar-refractivity contribution in [2.75, 3.05) is 30.9 Å². The van der Waals surface area contributed by atoms with Crippen molar-refractivity contribution in [1.29, 1.82) is 0 Å². The minimum absolute atomic E-state index is 0.245. The van der Waals surface area contributed by atoms with E-state index >= 15 is 0 Å². The standard InChI is InChI=1S/C17H20BrN3O3/c1-24-11-14(22)8-10-20-16-15(3-2-9-19-16)17(23)21-13-6-4-12(18)5-7-13/h2-7,9,14,22H,8,10-11H2,1H3,(H,19,20)(H,21,23). The number of nitrogens with zero attached hydrogens (tertiary/aromatic N) is 1. The van der Waals surface area contributed by atoms with Crippen LogP contribution in [0, 0.1) is 0 Å². The summed E-state index contributed by atoms with van der Waals surface area (Å²) in [7, 11) is 1.54. The maximum atomic E-state index is 12.4. The van der Waals surface area contributed by atoms with Gasteiger partial charge in [0.05, 0.1) is 18.3 Å². The quantitative estimate of drug-likeness (QED) is 0.641. The number of pyridine rings is 1. The van der Waals surface area contributed by atoms with Crippen LogP contribution >= 0.6 is 15.9 Å². The molecule has 0 saturated heterocycles. The van der Waals surface area contributed by atoms with Crippen LogP contribution in [0.4, 0.5) is 11.5 Å². The van der Waals surface area contributed by atoms with Gasteiger partial charge in [-0.05, 0) is 42.8 Å². The number of aliphatic hydroxyl groups is 1. The van der Waals surface area contributed by atoms with Gasteiger partial charge in [-0.3, -0.25) is 4.79 Å². The Balaban J connectivity index is 1.99. The molecule has 6 nitrogen and oxygen atoms in total. The molecule has 0 saturated carbocycles. The molecule has 24 heavy (non-hydrogen) atoms. The van der Waals surface area contributed by atoms with E-state index in [1.807, 2.05) is 24.3 Å². The molecule has 0 bridgehead atoms. The van der Waals surface area contributed by atoms with Crippen LogP contribution in [0.15, 0.2) is 47.1 Å². The molecule has 1 amide bonds. The Kier molecular flexibility index (Phi) is 7.17. The van der Waals surface area contributed by atoms with Crippen LogP contribution in [0.2, 0.25) is 0 Å². The lowest BCUT2D eigenvalue weighted by Crippen LogP contribution is -2.20. The summed E-state index contributed by atoms with van der Waals surface area (Å²) in [5.41, 5.74) is 1.15. The van der Waals surface area contributed by atoms with E-state index in [2.05, 4.69) is 31.5 Å².